The van der Waals surface area contributed by atoms with Crippen LogP contribution in [0.5, 0.6) is 5.75 Å². The lowest BCUT2D eigenvalue weighted by molar-refractivity contribution is 0.241. The maximum absolute atomic E-state index is 5.84. The molecule has 0 fully saturated rings. The predicted molar refractivity (Wildman–Crippen MR) is 86.8 cm³/mol. The Kier molecular flexibility index (Phi) is 4.56. The van der Waals surface area contributed by atoms with Crippen LogP contribution in [0.1, 0.15) is 49.4 Å². The molecule has 2 aromatic rings. The second kappa shape index (κ2) is 6.58. The molecule has 0 aliphatic heterocycles. The first-order valence-electron chi connectivity index (χ1n) is 7.63. The molecule has 0 radical (unpaired) electrons. The Morgan fingerprint density at radius 1 is 1.43 bits per heavy atom. The lowest BCUT2D eigenvalue weighted by Crippen LogP contribution is -2.24. The molecule has 1 aliphatic rings. The number of aryl methyl sites for hydroxylation is 1. The molecule has 3 nitrogen and oxygen atoms in total. The van der Waals surface area contributed by atoms with Gasteiger partial charge in [0.05, 0.1) is 6.10 Å². The summed E-state index contributed by atoms with van der Waals surface area (Å²) >= 11 is 1.51. The third-order valence-electron chi connectivity index (χ3n) is 3.84. The molecule has 21 heavy (non-hydrogen) atoms. The van der Waals surface area contributed by atoms with E-state index in [0.717, 1.165) is 12.3 Å². The van der Waals surface area contributed by atoms with Gasteiger partial charge in [-0.25, -0.2) is 4.37 Å². The zero-order valence-electron chi connectivity index (χ0n) is 12.6. The topological polar surface area (TPSA) is 34.1 Å². The Labute approximate surface area is 130 Å². The van der Waals surface area contributed by atoms with Gasteiger partial charge in [-0.3, -0.25) is 0 Å². The Bertz CT molecular complexity index is 580. The molecule has 0 unspecified atom stereocenters. The zero-order valence-corrected chi connectivity index (χ0v) is 13.5. The van der Waals surface area contributed by atoms with Gasteiger partial charge in [0.1, 0.15) is 5.75 Å². The molecule has 0 saturated heterocycles. The fourth-order valence-electron chi connectivity index (χ4n) is 2.89. The van der Waals surface area contributed by atoms with Crippen molar-refractivity contribution in [1.29, 1.82) is 0 Å². The third-order valence-corrected chi connectivity index (χ3v) is 4.47. The quantitative estimate of drug-likeness (QED) is 0.903. The average Bonchev–Trinajstić information content (AvgIpc) is 2.97. The van der Waals surface area contributed by atoms with Gasteiger partial charge >= 0.3 is 0 Å². The second-order valence-electron chi connectivity index (χ2n) is 5.89. The van der Waals surface area contributed by atoms with Crippen LogP contribution in [0.25, 0.3) is 0 Å². The third kappa shape index (κ3) is 3.63. The summed E-state index contributed by atoms with van der Waals surface area (Å²) in [5, 5.41) is 5.78. The highest BCUT2D eigenvalue weighted by molar-refractivity contribution is 7.03. The summed E-state index contributed by atoms with van der Waals surface area (Å²) in [4.78, 5) is 0. The number of hydrogen-bond acceptors (Lipinski definition) is 4. The molecule has 1 aromatic carbocycles. The molecule has 112 valence electrons. The molecule has 0 saturated carbocycles. The first-order chi connectivity index (χ1) is 10.2. The van der Waals surface area contributed by atoms with Crippen LogP contribution in [-0.4, -0.2) is 10.5 Å². The van der Waals surface area contributed by atoms with Gasteiger partial charge < -0.3 is 10.1 Å². The molecule has 0 amide bonds. The molecule has 1 heterocycles. The minimum atomic E-state index is 0.218. The van der Waals surface area contributed by atoms with Gasteiger partial charge in [0.15, 0.2) is 0 Å². The van der Waals surface area contributed by atoms with Crippen LogP contribution in [0.15, 0.2) is 29.8 Å². The SMILES string of the molecule is CC(C)Oc1ccc2c(c1)[C@@H](NCc1cnsc1)CCC2. The van der Waals surface area contributed by atoms with Crippen molar-refractivity contribution in [3.05, 3.63) is 46.5 Å². The van der Waals surface area contributed by atoms with Gasteiger partial charge in [-0.2, -0.15) is 0 Å². The van der Waals surface area contributed by atoms with Crippen LogP contribution < -0.4 is 10.1 Å². The van der Waals surface area contributed by atoms with Crippen molar-refractivity contribution in [3.8, 4) is 5.75 Å². The number of rotatable bonds is 5. The zero-order chi connectivity index (χ0) is 14.7. The summed E-state index contributed by atoms with van der Waals surface area (Å²) < 4.78 is 10.0. The molecule has 0 bridgehead atoms. The molecule has 1 aromatic heterocycles. The monoisotopic (exact) mass is 302 g/mol. The fourth-order valence-corrected chi connectivity index (χ4v) is 3.43. The predicted octanol–water partition coefficient (Wildman–Crippen LogP) is 4.10. The fraction of sp³-hybridized carbons (Fsp3) is 0.471. The molecule has 1 N–H and O–H groups in total. The molecule has 1 aliphatic carbocycles. The van der Waals surface area contributed by atoms with Crippen molar-refractivity contribution in [1.82, 2.24) is 9.69 Å². The number of nitrogens with one attached hydrogen (secondary N) is 1. The first-order valence-corrected chi connectivity index (χ1v) is 8.47. The summed E-state index contributed by atoms with van der Waals surface area (Å²) in [6, 6.07) is 6.97. The van der Waals surface area contributed by atoms with E-state index in [2.05, 4.69) is 47.1 Å². The minimum Gasteiger partial charge on any atom is -0.491 e. The normalized spacial score (nSPS) is 17.8. The summed E-state index contributed by atoms with van der Waals surface area (Å²) in [5.74, 6) is 0.981. The van der Waals surface area contributed by atoms with E-state index >= 15 is 0 Å². The Hall–Kier alpha value is -1.39. The Morgan fingerprint density at radius 3 is 3.10 bits per heavy atom. The second-order valence-corrected chi connectivity index (χ2v) is 6.54. The number of aromatic nitrogens is 1. The number of fused-ring (bicyclic) bond motifs is 1. The van der Waals surface area contributed by atoms with Gasteiger partial charge in [0.2, 0.25) is 0 Å². The molecule has 1 atom stereocenters. The molecule has 3 rings (SSSR count). The van der Waals surface area contributed by atoms with Crippen LogP contribution in [0, 0.1) is 0 Å². The summed E-state index contributed by atoms with van der Waals surface area (Å²) in [7, 11) is 0. The van der Waals surface area contributed by atoms with E-state index < -0.39 is 0 Å². The van der Waals surface area contributed by atoms with Crippen molar-refractivity contribution in [2.45, 2.75) is 51.8 Å². The Balaban J connectivity index is 1.75. The number of hydrogen-bond donors (Lipinski definition) is 1. The van der Waals surface area contributed by atoms with Crippen molar-refractivity contribution in [2.24, 2.45) is 0 Å². The van der Waals surface area contributed by atoms with Crippen molar-refractivity contribution in [2.75, 3.05) is 0 Å². The van der Waals surface area contributed by atoms with Crippen molar-refractivity contribution < 1.29 is 4.74 Å². The number of benzene rings is 1. The van der Waals surface area contributed by atoms with Crippen LogP contribution in [-0.2, 0) is 13.0 Å². The van der Waals surface area contributed by atoms with Gasteiger partial charge in [0.25, 0.3) is 0 Å². The van der Waals surface area contributed by atoms with Gasteiger partial charge in [-0.15, -0.1) is 0 Å². The van der Waals surface area contributed by atoms with E-state index in [0.29, 0.717) is 6.04 Å². The van der Waals surface area contributed by atoms with Crippen molar-refractivity contribution in [3.63, 3.8) is 0 Å². The van der Waals surface area contributed by atoms with Gasteiger partial charge in [-0.05, 0) is 73.5 Å². The highest BCUT2D eigenvalue weighted by atomic mass is 32.1. The molecule has 4 heteroatoms. The van der Waals surface area contributed by atoms with Crippen molar-refractivity contribution >= 4 is 11.5 Å². The largest absolute Gasteiger partial charge is 0.491 e. The van der Waals surface area contributed by atoms with Crippen LogP contribution in [0.2, 0.25) is 0 Å². The van der Waals surface area contributed by atoms with E-state index in [-0.39, 0.29) is 6.10 Å². The van der Waals surface area contributed by atoms with E-state index in [4.69, 9.17) is 4.74 Å². The van der Waals surface area contributed by atoms with Crippen LogP contribution >= 0.6 is 11.5 Å². The van der Waals surface area contributed by atoms with Gasteiger partial charge in [-0.1, -0.05) is 6.07 Å². The van der Waals surface area contributed by atoms with Crippen LogP contribution in [0.4, 0.5) is 0 Å². The highest BCUT2D eigenvalue weighted by Crippen LogP contribution is 2.33. The van der Waals surface area contributed by atoms with E-state index in [1.807, 2.05) is 6.20 Å². The van der Waals surface area contributed by atoms with E-state index in [9.17, 15) is 0 Å². The summed E-state index contributed by atoms with van der Waals surface area (Å²) in [6.45, 7) is 5.02. The summed E-state index contributed by atoms with van der Waals surface area (Å²) in [6.07, 6.45) is 5.77. The number of ether oxygens (including phenoxy) is 1. The molecular formula is C17H22N2OS. The van der Waals surface area contributed by atoms with Crippen LogP contribution in [0.3, 0.4) is 0 Å². The van der Waals surface area contributed by atoms with E-state index in [1.54, 1.807) is 0 Å². The van der Waals surface area contributed by atoms with E-state index in [1.165, 1.54) is 47.5 Å². The first kappa shape index (κ1) is 14.5. The lowest BCUT2D eigenvalue weighted by atomic mass is 9.87. The molecular weight excluding hydrogens is 280 g/mol. The lowest BCUT2D eigenvalue weighted by Gasteiger charge is -2.27. The standard InChI is InChI=1S/C17H22N2OS/c1-12(2)20-15-7-6-14-4-3-5-17(16(14)8-15)18-9-13-10-19-21-11-13/h6-8,10-12,17-18H,3-5,9H2,1-2H3/t17-/m0/s1. The summed E-state index contributed by atoms with van der Waals surface area (Å²) in [5.41, 5.74) is 4.13. The number of nitrogens with zero attached hydrogens (tertiary/aromatic N) is 1. The van der Waals surface area contributed by atoms with Gasteiger partial charge in [0, 0.05) is 24.2 Å². The maximum Gasteiger partial charge on any atom is 0.120 e. The maximum atomic E-state index is 5.84. The minimum absolute atomic E-state index is 0.218. The smallest absolute Gasteiger partial charge is 0.120 e. The average molecular weight is 302 g/mol. The Morgan fingerprint density at radius 2 is 2.33 bits per heavy atom. The molecule has 0 spiro atoms. The highest BCUT2D eigenvalue weighted by Gasteiger charge is 2.20.